The highest BCUT2D eigenvalue weighted by atomic mass is 19.4. The van der Waals surface area contributed by atoms with Crippen LogP contribution in [0.3, 0.4) is 0 Å². The van der Waals surface area contributed by atoms with Gasteiger partial charge in [-0.2, -0.15) is 13.2 Å². The summed E-state index contributed by atoms with van der Waals surface area (Å²) in [6.45, 7) is 0. The van der Waals surface area contributed by atoms with E-state index in [1.807, 2.05) is 6.07 Å². The van der Waals surface area contributed by atoms with Crippen LogP contribution in [0.1, 0.15) is 22.7 Å². The molecule has 0 bridgehead atoms. The summed E-state index contributed by atoms with van der Waals surface area (Å²) < 4.78 is 51.3. The van der Waals surface area contributed by atoms with Crippen LogP contribution in [0.4, 0.5) is 17.6 Å². The van der Waals surface area contributed by atoms with Crippen LogP contribution in [-0.4, -0.2) is 12.0 Å². The quantitative estimate of drug-likeness (QED) is 0.870. The molecule has 2 nitrogen and oxygen atoms in total. The van der Waals surface area contributed by atoms with E-state index in [1.54, 1.807) is 25.5 Å². The topological polar surface area (TPSA) is 24.9 Å². The zero-order chi connectivity index (χ0) is 15.5. The van der Waals surface area contributed by atoms with Gasteiger partial charge in [-0.25, -0.2) is 4.39 Å². The maximum atomic E-state index is 13.6. The highest BCUT2D eigenvalue weighted by molar-refractivity contribution is 5.29. The lowest BCUT2D eigenvalue weighted by molar-refractivity contribution is -0.140. The number of halogens is 4. The standard InChI is InChI=1S/C15H14F4N2/c1-20-14(7-10-3-2-6-21-9-10)11-4-5-12(13(16)8-11)15(17,18)19/h2-6,8-9,14,20H,7H2,1H3. The molecule has 0 aliphatic rings. The molecule has 0 aliphatic heterocycles. The van der Waals surface area contributed by atoms with E-state index in [0.717, 1.165) is 17.7 Å². The fourth-order valence-electron chi connectivity index (χ4n) is 2.12. The molecule has 0 amide bonds. The zero-order valence-electron chi connectivity index (χ0n) is 11.3. The first-order valence-electron chi connectivity index (χ1n) is 6.34. The number of rotatable bonds is 4. The van der Waals surface area contributed by atoms with Gasteiger partial charge in [-0.15, -0.1) is 0 Å². The maximum absolute atomic E-state index is 13.6. The van der Waals surface area contributed by atoms with Crippen LogP contribution >= 0.6 is 0 Å². The van der Waals surface area contributed by atoms with Crippen LogP contribution in [0.5, 0.6) is 0 Å². The summed E-state index contributed by atoms with van der Waals surface area (Å²) in [7, 11) is 1.68. The number of aromatic nitrogens is 1. The van der Waals surface area contributed by atoms with Crippen LogP contribution in [0.15, 0.2) is 42.7 Å². The van der Waals surface area contributed by atoms with Crippen molar-refractivity contribution in [2.24, 2.45) is 0 Å². The van der Waals surface area contributed by atoms with E-state index in [4.69, 9.17) is 0 Å². The molecule has 0 aliphatic carbocycles. The monoisotopic (exact) mass is 298 g/mol. The summed E-state index contributed by atoms with van der Waals surface area (Å²) >= 11 is 0. The summed E-state index contributed by atoms with van der Waals surface area (Å²) in [4.78, 5) is 3.98. The fourth-order valence-corrected chi connectivity index (χ4v) is 2.12. The van der Waals surface area contributed by atoms with Gasteiger partial charge in [-0.1, -0.05) is 12.1 Å². The number of hydrogen-bond donors (Lipinski definition) is 1. The molecule has 2 aromatic rings. The molecule has 1 atom stereocenters. The van der Waals surface area contributed by atoms with Crippen LogP contribution in [-0.2, 0) is 12.6 Å². The summed E-state index contributed by atoms with van der Waals surface area (Å²) in [6, 6.07) is 6.35. The molecule has 1 unspecified atom stereocenters. The van der Waals surface area contributed by atoms with E-state index in [9.17, 15) is 17.6 Å². The maximum Gasteiger partial charge on any atom is 0.419 e. The minimum absolute atomic E-state index is 0.286. The van der Waals surface area contributed by atoms with Crippen molar-refractivity contribution in [1.82, 2.24) is 10.3 Å². The van der Waals surface area contributed by atoms with Gasteiger partial charge in [-0.3, -0.25) is 4.98 Å². The first-order chi connectivity index (χ1) is 9.91. The number of nitrogens with one attached hydrogen (secondary N) is 1. The van der Waals surface area contributed by atoms with Gasteiger partial charge in [-0.05, 0) is 42.8 Å². The van der Waals surface area contributed by atoms with Gasteiger partial charge in [0.15, 0.2) is 0 Å². The lowest BCUT2D eigenvalue weighted by Gasteiger charge is -2.18. The fraction of sp³-hybridized carbons (Fsp3) is 0.267. The zero-order valence-corrected chi connectivity index (χ0v) is 11.3. The molecule has 0 spiro atoms. The predicted octanol–water partition coefficient (Wildman–Crippen LogP) is 3.74. The minimum atomic E-state index is -4.68. The number of hydrogen-bond acceptors (Lipinski definition) is 2. The van der Waals surface area contributed by atoms with Crippen LogP contribution in [0.2, 0.25) is 0 Å². The summed E-state index contributed by atoms with van der Waals surface area (Å²) in [5.41, 5.74) is 0.131. The van der Waals surface area contributed by atoms with Crippen molar-refractivity contribution in [3.8, 4) is 0 Å². The minimum Gasteiger partial charge on any atom is -0.313 e. The third-order valence-electron chi connectivity index (χ3n) is 3.21. The Morgan fingerprint density at radius 2 is 2.00 bits per heavy atom. The summed E-state index contributed by atoms with van der Waals surface area (Å²) in [5, 5.41) is 2.98. The normalized spacial score (nSPS) is 13.2. The lowest BCUT2D eigenvalue weighted by atomic mass is 9.98. The average Bonchev–Trinajstić information content (AvgIpc) is 2.44. The number of likely N-dealkylation sites (N-methyl/N-ethyl adjacent to an activating group) is 1. The largest absolute Gasteiger partial charge is 0.419 e. The van der Waals surface area contributed by atoms with Gasteiger partial charge in [0, 0.05) is 18.4 Å². The highest BCUT2D eigenvalue weighted by Gasteiger charge is 2.34. The van der Waals surface area contributed by atoms with Crippen LogP contribution < -0.4 is 5.32 Å². The van der Waals surface area contributed by atoms with E-state index < -0.39 is 17.6 Å². The molecular weight excluding hydrogens is 284 g/mol. The SMILES string of the molecule is CNC(Cc1cccnc1)c1ccc(C(F)(F)F)c(F)c1. The van der Waals surface area contributed by atoms with Gasteiger partial charge in [0.05, 0.1) is 5.56 Å². The molecular formula is C15H14F4N2. The molecule has 1 N–H and O–H groups in total. The molecule has 1 aromatic carbocycles. The molecule has 0 saturated heterocycles. The van der Waals surface area contributed by atoms with E-state index >= 15 is 0 Å². The Hall–Kier alpha value is -1.95. The van der Waals surface area contributed by atoms with E-state index in [1.165, 1.54) is 6.07 Å². The first-order valence-corrected chi connectivity index (χ1v) is 6.34. The van der Waals surface area contributed by atoms with E-state index in [2.05, 4.69) is 10.3 Å². The van der Waals surface area contributed by atoms with Crippen molar-refractivity contribution in [3.05, 3.63) is 65.2 Å². The van der Waals surface area contributed by atoms with Gasteiger partial charge < -0.3 is 5.32 Å². The number of pyridine rings is 1. The Kier molecular flexibility index (Phi) is 4.57. The van der Waals surface area contributed by atoms with Crippen molar-refractivity contribution >= 4 is 0 Å². The average molecular weight is 298 g/mol. The first kappa shape index (κ1) is 15.4. The molecule has 21 heavy (non-hydrogen) atoms. The summed E-state index contributed by atoms with van der Waals surface area (Å²) in [5.74, 6) is -1.26. The van der Waals surface area contributed by atoms with Gasteiger partial charge in [0.25, 0.3) is 0 Å². The Bertz CT molecular complexity index is 596. The smallest absolute Gasteiger partial charge is 0.313 e. The third-order valence-corrected chi connectivity index (χ3v) is 3.21. The molecule has 6 heteroatoms. The van der Waals surface area contributed by atoms with Gasteiger partial charge in [0.1, 0.15) is 5.82 Å². The number of benzene rings is 1. The van der Waals surface area contributed by atoms with Crippen LogP contribution in [0.25, 0.3) is 0 Å². The Labute approximate surface area is 119 Å². The van der Waals surface area contributed by atoms with Crippen molar-refractivity contribution in [2.75, 3.05) is 7.05 Å². The van der Waals surface area contributed by atoms with Crippen molar-refractivity contribution < 1.29 is 17.6 Å². The Morgan fingerprint density at radius 1 is 1.24 bits per heavy atom. The molecule has 0 fully saturated rings. The lowest BCUT2D eigenvalue weighted by Crippen LogP contribution is -2.20. The molecule has 112 valence electrons. The Morgan fingerprint density at radius 3 is 2.52 bits per heavy atom. The second kappa shape index (κ2) is 6.22. The Balaban J connectivity index is 2.25. The number of nitrogens with zero attached hydrogens (tertiary/aromatic N) is 1. The molecule has 0 radical (unpaired) electrons. The second-order valence-corrected chi connectivity index (χ2v) is 4.64. The van der Waals surface area contributed by atoms with Gasteiger partial charge in [0.2, 0.25) is 0 Å². The molecule has 1 heterocycles. The van der Waals surface area contributed by atoms with Crippen molar-refractivity contribution in [1.29, 1.82) is 0 Å². The molecule has 1 aromatic heterocycles. The predicted molar refractivity (Wildman–Crippen MR) is 71.1 cm³/mol. The van der Waals surface area contributed by atoms with Crippen molar-refractivity contribution in [2.45, 2.75) is 18.6 Å². The van der Waals surface area contributed by atoms with Crippen LogP contribution in [0, 0.1) is 5.82 Å². The number of alkyl halides is 3. The highest BCUT2D eigenvalue weighted by Crippen LogP contribution is 2.32. The third kappa shape index (κ3) is 3.78. The molecule has 0 saturated carbocycles. The van der Waals surface area contributed by atoms with Crippen molar-refractivity contribution in [3.63, 3.8) is 0 Å². The van der Waals surface area contributed by atoms with E-state index in [-0.39, 0.29) is 6.04 Å². The van der Waals surface area contributed by atoms with E-state index in [0.29, 0.717) is 12.0 Å². The second-order valence-electron chi connectivity index (χ2n) is 4.64. The van der Waals surface area contributed by atoms with Gasteiger partial charge >= 0.3 is 6.18 Å². The molecule has 2 rings (SSSR count). The summed E-state index contributed by atoms with van der Waals surface area (Å²) in [6.07, 6.45) is -0.864.